The zero-order valence-electron chi connectivity index (χ0n) is 11.5. The van der Waals surface area contributed by atoms with Gasteiger partial charge in [-0.3, -0.25) is 9.69 Å². The van der Waals surface area contributed by atoms with Crippen LogP contribution in [0.5, 0.6) is 0 Å². The van der Waals surface area contributed by atoms with Crippen LogP contribution in [0, 0.1) is 5.92 Å². The minimum atomic E-state index is -0.145. The smallest absolute Gasteiger partial charge is 0.309 e. The van der Waals surface area contributed by atoms with Crippen LogP contribution in [-0.4, -0.2) is 60.7 Å². The van der Waals surface area contributed by atoms with E-state index in [1.54, 1.807) is 12.4 Å². The van der Waals surface area contributed by atoms with E-state index in [1.165, 1.54) is 7.11 Å². The molecule has 1 aliphatic rings. The summed E-state index contributed by atoms with van der Waals surface area (Å²) in [7, 11) is 1.43. The molecule has 19 heavy (non-hydrogen) atoms. The number of piperazine rings is 1. The normalized spacial score (nSPS) is 18.1. The molecule has 1 atom stereocenters. The van der Waals surface area contributed by atoms with Crippen LogP contribution in [0.2, 0.25) is 0 Å². The molecule has 0 aliphatic carbocycles. The van der Waals surface area contributed by atoms with Gasteiger partial charge < -0.3 is 9.64 Å². The Hall–Kier alpha value is -1.69. The first-order valence-electron chi connectivity index (χ1n) is 6.53. The number of anilines is 1. The average Bonchev–Trinajstić information content (AvgIpc) is 2.48. The molecule has 1 aromatic rings. The third kappa shape index (κ3) is 3.64. The molecule has 2 heterocycles. The van der Waals surface area contributed by atoms with Crippen molar-refractivity contribution in [2.24, 2.45) is 5.92 Å². The van der Waals surface area contributed by atoms with E-state index in [0.29, 0.717) is 0 Å². The molecule has 0 radical (unpaired) electrons. The minimum Gasteiger partial charge on any atom is -0.469 e. The summed E-state index contributed by atoms with van der Waals surface area (Å²) in [5.41, 5.74) is 0. The molecule has 0 N–H and O–H groups in total. The molecule has 0 spiro atoms. The van der Waals surface area contributed by atoms with Crippen molar-refractivity contribution in [1.82, 2.24) is 14.9 Å². The lowest BCUT2D eigenvalue weighted by Gasteiger charge is -2.35. The van der Waals surface area contributed by atoms with Gasteiger partial charge in [-0.25, -0.2) is 9.97 Å². The fourth-order valence-corrected chi connectivity index (χ4v) is 2.25. The van der Waals surface area contributed by atoms with Crippen molar-refractivity contribution < 1.29 is 9.53 Å². The Morgan fingerprint density at radius 3 is 2.53 bits per heavy atom. The lowest BCUT2D eigenvalue weighted by Crippen LogP contribution is -2.48. The largest absolute Gasteiger partial charge is 0.469 e. The van der Waals surface area contributed by atoms with Crippen LogP contribution < -0.4 is 4.90 Å². The van der Waals surface area contributed by atoms with E-state index in [-0.39, 0.29) is 11.9 Å². The van der Waals surface area contributed by atoms with Crippen molar-refractivity contribution in [3.63, 3.8) is 0 Å². The van der Waals surface area contributed by atoms with Crippen LogP contribution in [-0.2, 0) is 9.53 Å². The summed E-state index contributed by atoms with van der Waals surface area (Å²) in [6.45, 7) is 6.25. The van der Waals surface area contributed by atoms with Crippen molar-refractivity contribution in [2.75, 3.05) is 44.7 Å². The number of hydrogen-bond acceptors (Lipinski definition) is 6. The number of aromatic nitrogens is 2. The van der Waals surface area contributed by atoms with E-state index in [9.17, 15) is 4.79 Å². The highest BCUT2D eigenvalue weighted by Gasteiger charge is 2.22. The molecule has 6 nitrogen and oxygen atoms in total. The van der Waals surface area contributed by atoms with Gasteiger partial charge in [0, 0.05) is 45.1 Å². The second-order valence-corrected chi connectivity index (χ2v) is 4.76. The van der Waals surface area contributed by atoms with Gasteiger partial charge in [0.05, 0.1) is 13.0 Å². The molecular weight excluding hydrogens is 244 g/mol. The number of hydrogen-bond donors (Lipinski definition) is 0. The van der Waals surface area contributed by atoms with Crippen molar-refractivity contribution in [1.29, 1.82) is 0 Å². The van der Waals surface area contributed by atoms with E-state index < -0.39 is 0 Å². The predicted molar refractivity (Wildman–Crippen MR) is 71.9 cm³/mol. The highest BCUT2D eigenvalue weighted by molar-refractivity contribution is 5.72. The Morgan fingerprint density at radius 2 is 1.95 bits per heavy atom. The SMILES string of the molecule is COC(=O)[C@@H](C)CN1CCN(c2ncccn2)CC1. The zero-order chi connectivity index (χ0) is 13.7. The number of methoxy groups -OCH3 is 1. The zero-order valence-corrected chi connectivity index (χ0v) is 11.5. The summed E-state index contributed by atoms with van der Waals surface area (Å²) < 4.78 is 4.75. The van der Waals surface area contributed by atoms with Gasteiger partial charge in [-0.15, -0.1) is 0 Å². The van der Waals surface area contributed by atoms with E-state index in [2.05, 4.69) is 19.8 Å². The average molecular weight is 264 g/mol. The van der Waals surface area contributed by atoms with Gasteiger partial charge in [0.15, 0.2) is 0 Å². The van der Waals surface area contributed by atoms with Gasteiger partial charge in [0.1, 0.15) is 0 Å². The third-order valence-electron chi connectivity index (χ3n) is 3.34. The van der Waals surface area contributed by atoms with Crippen LogP contribution in [0.25, 0.3) is 0 Å². The number of carbonyl (C=O) groups is 1. The van der Waals surface area contributed by atoms with Gasteiger partial charge in [-0.2, -0.15) is 0 Å². The molecule has 0 aromatic carbocycles. The second-order valence-electron chi connectivity index (χ2n) is 4.76. The number of nitrogens with zero attached hydrogens (tertiary/aromatic N) is 4. The van der Waals surface area contributed by atoms with Gasteiger partial charge in [-0.05, 0) is 6.07 Å². The molecule has 0 saturated carbocycles. The summed E-state index contributed by atoms with van der Waals surface area (Å²) in [5.74, 6) is 0.557. The molecule has 104 valence electrons. The Morgan fingerprint density at radius 1 is 1.32 bits per heavy atom. The molecule has 0 amide bonds. The minimum absolute atomic E-state index is 0.0791. The standard InChI is InChI=1S/C13H20N4O2/c1-11(12(18)19-2)10-16-6-8-17(9-7-16)13-14-4-3-5-15-13/h3-5,11H,6-10H2,1-2H3/t11-/m0/s1. The highest BCUT2D eigenvalue weighted by Crippen LogP contribution is 2.11. The van der Waals surface area contributed by atoms with E-state index in [1.807, 2.05) is 13.0 Å². The number of esters is 1. The maximum atomic E-state index is 11.4. The third-order valence-corrected chi connectivity index (χ3v) is 3.34. The topological polar surface area (TPSA) is 58.6 Å². The van der Waals surface area contributed by atoms with Crippen LogP contribution in [0.3, 0.4) is 0 Å². The van der Waals surface area contributed by atoms with Crippen LogP contribution in [0.4, 0.5) is 5.95 Å². The molecule has 1 saturated heterocycles. The lowest BCUT2D eigenvalue weighted by atomic mass is 10.1. The maximum Gasteiger partial charge on any atom is 0.309 e. The maximum absolute atomic E-state index is 11.4. The quantitative estimate of drug-likeness (QED) is 0.734. The van der Waals surface area contributed by atoms with E-state index in [4.69, 9.17) is 4.74 Å². The van der Waals surface area contributed by atoms with Gasteiger partial charge in [0.25, 0.3) is 0 Å². The fourth-order valence-electron chi connectivity index (χ4n) is 2.25. The Labute approximate surface area is 113 Å². The van der Waals surface area contributed by atoms with E-state index in [0.717, 1.165) is 38.7 Å². The van der Waals surface area contributed by atoms with Crippen LogP contribution >= 0.6 is 0 Å². The first-order valence-corrected chi connectivity index (χ1v) is 6.53. The molecule has 1 aromatic heterocycles. The molecule has 0 unspecified atom stereocenters. The molecule has 1 aliphatic heterocycles. The highest BCUT2D eigenvalue weighted by atomic mass is 16.5. The number of carbonyl (C=O) groups excluding carboxylic acids is 1. The summed E-state index contributed by atoms with van der Waals surface area (Å²) in [5, 5.41) is 0. The number of rotatable bonds is 4. The van der Waals surface area contributed by atoms with Crippen molar-refractivity contribution in [2.45, 2.75) is 6.92 Å². The summed E-state index contributed by atoms with van der Waals surface area (Å²) in [4.78, 5) is 24.3. The monoisotopic (exact) mass is 264 g/mol. The van der Waals surface area contributed by atoms with Gasteiger partial charge >= 0.3 is 5.97 Å². The van der Waals surface area contributed by atoms with Crippen LogP contribution in [0.1, 0.15) is 6.92 Å². The summed E-state index contributed by atoms with van der Waals surface area (Å²) in [6, 6.07) is 1.82. The Kier molecular flexibility index (Phi) is 4.68. The molecule has 6 heteroatoms. The molecule has 1 fully saturated rings. The van der Waals surface area contributed by atoms with Gasteiger partial charge in [0.2, 0.25) is 5.95 Å². The molecule has 0 bridgehead atoms. The first kappa shape index (κ1) is 13.7. The Balaban J connectivity index is 1.81. The summed E-state index contributed by atoms with van der Waals surface area (Å²) >= 11 is 0. The second kappa shape index (κ2) is 6.47. The number of ether oxygens (including phenoxy) is 1. The van der Waals surface area contributed by atoms with Crippen molar-refractivity contribution >= 4 is 11.9 Å². The van der Waals surface area contributed by atoms with Crippen molar-refractivity contribution in [3.05, 3.63) is 18.5 Å². The summed E-state index contributed by atoms with van der Waals surface area (Å²) in [6.07, 6.45) is 3.52. The predicted octanol–water partition coefficient (Wildman–Crippen LogP) is 0.408. The van der Waals surface area contributed by atoms with E-state index >= 15 is 0 Å². The lowest BCUT2D eigenvalue weighted by molar-refractivity contribution is -0.145. The van der Waals surface area contributed by atoms with Crippen molar-refractivity contribution in [3.8, 4) is 0 Å². The molecule has 2 rings (SSSR count). The Bertz CT molecular complexity index is 404. The fraction of sp³-hybridized carbons (Fsp3) is 0.615. The molecular formula is C13H20N4O2. The van der Waals surface area contributed by atoms with Crippen LogP contribution in [0.15, 0.2) is 18.5 Å². The van der Waals surface area contributed by atoms with Gasteiger partial charge in [-0.1, -0.05) is 6.92 Å². The first-order chi connectivity index (χ1) is 9.20.